The fraction of sp³-hybridized carbons (Fsp3) is 0.533. The van der Waals surface area contributed by atoms with Crippen LogP contribution in [0.15, 0.2) is 24.3 Å². The van der Waals surface area contributed by atoms with Crippen molar-refractivity contribution in [3.8, 4) is 5.75 Å². The molecule has 0 spiro atoms. The number of rotatable bonds is 5. The lowest BCUT2D eigenvalue weighted by Crippen LogP contribution is -2.54. The lowest BCUT2D eigenvalue weighted by Gasteiger charge is -2.30. The third-order valence-electron chi connectivity index (χ3n) is 3.85. The monoisotopic (exact) mass is 296 g/mol. The Morgan fingerprint density at radius 1 is 1.45 bits per heavy atom. The zero-order chi connectivity index (χ0) is 14.6. The third-order valence-corrected chi connectivity index (χ3v) is 4.16. The van der Waals surface area contributed by atoms with Gasteiger partial charge in [-0.2, -0.15) is 0 Å². The number of halogens is 1. The van der Waals surface area contributed by atoms with E-state index in [0.717, 1.165) is 25.7 Å². The maximum absolute atomic E-state index is 12.2. The Morgan fingerprint density at radius 2 is 2.10 bits per heavy atom. The number of ether oxygens (including phenoxy) is 1. The topological polar surface area (TPSA) is 64.3 Å². The number of benzene rings is 1. The lowest BCUT2D eigenvalue weighted by molar-refractivity contribution is -0.129. The molecule has 3 N–H and O–H groups in total. The zero-order valence-electron chi connectivity index (χ0n) is 11.7. The Morgan fingerprint density at radius 3 is 2.70 bits per heavy atom. The second kappa shape index (κ2) is 6.46. The van der Waals surface area contributed by atoms with Gasteiger partial charge in [-0.25, -0.2) is 0 Å². The molecule has 1 aliphatic carbocycles. The second-order valence-electron chi connectivity index (χ2n) is 5.37. The Bertz CT molecular complexity index is 473. The van der Waals surface area contributed by atoms with Crippen molar-refractivity contribution in [2.75, 3.05) is 6.54 Å². The van der Waals surface area contributed by atoms with Crippen LogP contribution in [0, 0.1) is 0 Å². The maximum Gasteiger partial charge on any atom is 0.261 e. The first-order valence-electron chi connectivity index (χ1n) is 7.00. The molecule has 2 rings (SSSR count). The van der Waals surface area contributed by atoms with Gasteiger partial charge in [-0.3, -0.25) is 4.79 Å². The van der Waals surface area contributed by atoms with E-state index in [0.29, 0.717) is 17.3 Å². The van der Waals surface area contributed by atoms with Crippen molar-refractivity contribution in [2.45, 2.75) is 44.2 Å². The Balaban J connectivity index is 1.97. The van der Waals surface area contributed by atoms with Gasteiger partial charge in [-0.05, 0) is 31.9 Å². The van der Waals surface area contributed by atoms with Crippen molar-refractivity contribution in [1.82, 2.24) is 5.32 Å². The van der Waals surface area contributed by atoms with Crippen LogP contribution in [0.4, 0.5) is 0 Å². The van der Waals surface area contributed by atoms with Crippen LogP contribution in [0.1, 0.15) is 32.6 Å². The number of nitrogens with two attached hydrogens (primary N) is 1. The minimum Gasteiger partial charge on any atom is -0.479 e. The molecule has 20 heavy (non-hydrogen) atoms. The molecular formula is C15H21ClN2O2. The van der Waals surface area contributed by atoms with Crippen LogP contribution in [-0.2, 0) is 4.79 Å². The Kier molecular flexibility index (Phi) is 4.89. The molecule has 0 heterocycles. The molecule has 110 valence electrons. The van der Waals surface area contributed by atoms with E-state index in [2.05, 4.69) is 5.32 Å². The summed E-state index contributed by atoms with van der Waals surface area (Å²) in [6.07, 6.45) is 3.50. The smallest absolute Gasteiger partial charge is 0.261 e. The average molecular weight is 297 g/mol. The second-order valence-corrected chi connectivity index (χ2v) is 5.78. The van der Waals surface area contributed by atoms with Crippen LogP contribution in [0.25, 0.3) is 0 Å². The van der Waals surface area contributed by atoms with Crippen LogP contribution in [0.3, 0.4) is 0 Å². The summed E-state index contributed by atoms with van der Waals surface area (Å²) in [6.45, 7) is 2.19. The molecule has 1 aliphatic rings. The molecule has 1 amide bonds. The van der Waals surface area contributed by atoms with Gasteiger partial charge in [0.05, 0.1) is 10.6 Å². The first kappa shape index (κ1) is 15.1. The molecule has 1 aromatic rings. The molecule has 5 heteroatoms. The summed E-state index contributed by atoms with van der Waals surface area (Å²) in [6, 6.07) is 7.13. The van der Waals surface area contributed by atoms with Gasteiger partial charge in [0.1, 0.15) is 5.75 Å². The number of nitrogens with one attached hydrogen (secondary N) is 1. The van der Waals surface area contributed by atoms with E-state index in [4.69, 9.17) is 22.1 Å². The number of para-hydroxylation sites is 1. The number of hydrogen-bond donors (Lipinski definition) is 2. The third kappa shape index (κ3) is 3.44. The van der Waals surface area contributed by atoms with Gasteiger partial charge < -0.3 is 15.8 Å². The molecule has 1 unspecified atom stereocenters. The van der Waals surface area contributed by atoms with Crippen LogP contribution in [0.5, 0.6) is 5.75 Å². The standard InChI is InChI=1S/C15H21ClN2O2/c1-11(20-13-7-3-2-6-12(13)16)14(19)18-15(10-17)8-4-5-9-15/h2-3,6-7,11H,4-5,8-10,17H2,1H3,(H,18,19). The molecule has 0 aromatic heterocycles. The van der Waals surface area contributed by atoms with Gasteiger partial charge in [0.25, 0.3) is 5.91 Å². The van der Waals surface area contributed by atoms with Crippen molar-refractivity contribution in [3.05, 3.63) is 29.3 Å². The Hall–Kier alpha value is -1.26. The van der Waals surface area contributed by atoms with Crippen LogP contribution >= 0.6 is 11.6 Å². The van der Waals surface area contributed by atoms with Crippen molar-refractivity contribution in [3.63, 3.8) is 0 Å². The number of amides is 1. The summed E-state index contributed by atoms with van der Waals surface area (Å²) in [5.41, 5.74) is 5.56. The molecule has 0 bridgehead atoms. The zero-order valence-corrected chi connectivity index (χ0v) is 12.5. The molecule has 0 radical (unpaired) electrons. The van der Waals surface area contributed by atoms with Gasteiger partial charge in [0, 0.05) is 6.54 Å². The van der Waals surface area contributed by atoms with Crippen molar-refractivity contribution in [1.29, 1.82) is 0 Å². The minimum atomic E-state index is -0.598. The summed E-state index contributed by atoms with van der Waals surface area (Å²) < 4.78 is 5.62. The molecule has 4 nitrogen and oxygen atoms in total. The maximum atomic E-state index is 12.2. The number of carbonyl (C=O) groups is 1. The molecule has 1 atom stereocenters. The highest BCUT2D eigenvalue weighted by Gasteiger charge is 2.35. The fourth-order valence-electron chi connectivity index (χ4n) is 2.58. The normalized spacial score (nSPS) is 18.6. The highest BCUT2D eigenvalue weighted by Crippen LogP contribution is 2.29. The number of hydrogen-bond acceptors (Lipinski definition) is 3. The van der Waals surface area contributed by atoms with Crippen LogP contribution in [0.2, 0.25) is 5.02 Å². The van der Waals surface area contributed by atoms with E-state index < -0.39 is 6.10 Å². The van der Waals surface area contributed by atoms with E-state index in [1.807, 2.05) is 12.1 Å². The van der Waals surface area contributed by atoms with Gasteiger partial charge in [-0.1, -0.05) is 36.6 Å². The van der Waals surface area contributed by atoms with Gasteiger partial charge in [-0.15, -0.1) is 0 Å². The first-order chi connectivity index (χ1) is 9.56. The minimum absolute atomic E-state index is 0.141. The summed E-state index contributed by atoms with van der Waals surface area (Å²) >= 11 is 6.02. The predicted molar refractivity (Wildman–Crippen MR) is 79.9 cm³/mol. The number of carbonyl (C=O) groups excluding carboxylic acids is 1. The largest absolute Gasteiger partial charge is 0.479 e. The SMILES string of the molecule is CC(Oc1ccccc1Cl)C(=O)NC1(CN)CCCC1. The summed E-state index contributed by atoms with van der Waals surface area (Å²) in [4.78, 5) is 12.2. The van der Waals surface area contributed by atoms with Crippen molar-refractivity contribution >= 4 is 17.5 Å². The molecular weight excluding hydrogens is 276 g/mol. The quantitative estimate of drug-likeness (QED) is 0.877. The summed E-state index contributed by atoms with van der Waals surface area (Å²) in [5, 5.41) is 3.55. The van der Waals surface area contributed by atoms with Crippen molar-refractivity contribution < 1.29 is 9.53 Å². The molecule has 1 aromatic carbocycles. The summed E-state index contributed by atoms with van der Waals surface area (Å²) in [7, 11) is 0. The van der Waals surface area contributed by atoms with Crippen LogP contribution < -0.4 is 15.8 Å². The molecule has 0 saturated heterocycles. The van der Waals surface area contributed by atoms with Crippen molar-refractivity contribution in [2.24, 2.45) is 5.73 Å². The fourth-order valence-corrected chi connectivity index (χ4v) is 2.76. The average Bonchev–Trinajstić information content (AvgIpc) is 2.90. The van der Waals surface area contributed by atoms with Gasteiger partial charge in [0.15, 0.2) is 6.10 Å². The van der Waals surface area contributed by atoms with E-state index >= 15 is 0 Å². The van der Waals surface area contributed by atoms with Gasteiger partial charge >= 0.3 is 0 Å². The summed E-state index contributed by atoms with van der Waals surface area (Å²) in [5.74, 6) is 0.377. The van der Waals surface area contributed by atoms with E-state index in [-0.39, 0.29) is 11.4 Å². The van der Waals surface area contributed by atoms with E-state index in [9.17, 15) is 4.79 Å². The highest BCUT2D eigenvalue weighted by atomic mass is 35.5. The Labute approximate surface area is 124 Å². The van der Waals surface area contributed by atoms with E-state index in [1.54, 1.807) is 19.1 Å². The van der Waals surface area contributed by atoms with Gasteiger partial charge in [0.2, 0.25) is 0 Å². The first-order valence-corrected chi connectivity index (χ1v) is 7.37. The molecule has 1 saturated carbocycles. The van der Waals surface area contributed by atoms with E-state index in [1.165, 1.54) is 0 Å². The predicted octanol–water partition coefficient (Wildman–Crippen LogP) is 2.50. The lowest BCUT2D eigenvalue weighted by atomic mass is 9.97. The molecule has 1 fully saturated rings. The van der Waals surface area contributed by atoms with Crippen LogP contribution in [-0.4, -0.2) is 24.1 Å². The molecule has 0 aliphatic heterocycles. The highest BCUT2D eigenvalue weighted by molar-refractivity contribution is 6.32.